The Morgan fingerprint density at radius 1 is 1.00 bits per heavy atom. The lowest BCUT2D eigenvalue weighted by Crippen LogP contribution is -2.14. The van der Waals surface area contributed by atoms with E-state index in [1.165, 1.54) is 6.07 Å². The molecule has 1 fully saturated rings. The summed E-state index contributed by atoms with van der Waals surface area (Å²) in [5, 5.41) is 21.3. The SMILES string of the molecule is C#C.C#C.NS(=O)(=O)c1cccc(-c2ccccc2)c1-c1nn[nH]n1.O=C1NCCO1. The number of cyclic esters (lactones) is 1. The molecular weight excluding hydrogens is 420 g/mol. The maximum atomic E-state index is 11.8. The fourth-order valence-electron chi connectivity index (χ4n) is 2.47. The van der Waals surface area contributed by atoms with Gasteiger partial charge in [0.2, 0.25) is 15.8 Å². The minimum absolute atomic E-state index is 0.0368. The molecule has 0 aliphatic carbocycles. The maximum absolute atomic E-state index is 11.8. The largest absolute Gasteiger partial charge is 0.448 e. The summed E-state index contributed by atoms with van der Waals surface area (Å²) in [6, 6.07) is 14.2. The van der Waals surface area contributed by atoms with E-state index in [1.54, 1.807) is 12.1 Å². The van der Waals surface area contributed by atoms with Crippen LogP contribution in [0.15, 0.2) is 53.4 Å². The Bertz CT molecular complexity index is 1100. The summed E-state index contributed by atoms with van der Waals surface area (Å²) in [6.45, 7) is 1.19. The van der Waals surface area contributed by atoms with Crippen LogP contribution < -0.4 is 10.5 Å². The lowest BCUT2D eigenvalue weighted by molar-refractivity contribution is 0.178. The van der Waals surface area contributed by atoms with Crippen LogP contribution in [-0.2, 0) is 14.8 Å². The molecule has 1 aliphatic rings. The van der Waals surface area contributed by atoms with Crippen molar-refractivity contribution in [1.82, 2.24) is 25.9 Å². The Hall–Kier alpha value is -4.19. The number of nitrogens with zero attached hydrogens (tertiary/aromatic N) is 3. The quantitative estimate of drug-likeness (QED) is 0.520. The number of terminal acetylenes is 2. The first-order valence-corrected chi connectivity index (χ1v) is 10.0. The fraction of sp³-hybridized carbons (Fsp3) is 0.100. The predicted molar refractivity (Wildman–Crippen MR) is 116 cm³/mol. The van der Waals surface area contributed by atoms with E-state index in [0.29, 0.717) is 24.3 Å². The molecule has 4 rings (SSSR count). The van der Waals surface area contributed by atoms with E-state index in [2.05, 4.69) is 56.4 Å². The van der Waals surface area contributed by atoms with Crippen molar-refractivity contribution in [1.29, 1.82) is 0 Å². The number of hydrogen-bond acceptors (Lipinski definition) is 7. The van der Waals surface area contributed by atoms with Crippen LogP contribution in [-0.4, -0.2) is 48.3 Å². The van der Waals surface area contributed by atoms with Gasteiger partial charge in [-0.25, -0.2) is 18.4 Å². The lowest BCUT2D eigenvalue weighted by Gasteiger charge is -2.11. The highest BCUT2D eigenvalue weighted by Gasteiger charge is 2.22. The molecule has 0 radical (unpaired) electrons. The number of H-pyrrole nitrogens is 1. The molecule has 2 aromatic carbocycles. The van der Waals surface area contributed by atoms with Crippen LogP contribution >= 0.6 is 0 Å². The Morgan fingerprint density at radius 3 is 2.13 bits per heavy atom. The third-order valence-electron chi connectivity index (χ3n) is 3.59. The second-order valence-electron chi connectivity index (χ2n) is 5.39. The first-order valence-electron chi connectivity index (χ1n) is 8.49. The molecule has 0 spiro atoms. The number of aromatic nitrogens is 4. The van der Waals surface area contributed by atoms with Crippen LogP contribution in [0.2, 0.25) is 0 Å². The van der Waals surface area contributed by atoms with E-state index in [4.69, 9.17) is 5.14 Å². The molecule has 0 atom stereocenters. The van der Waals surface area contributed by atoms with Crippen LogP contribution in [0.3, 0.4) is 0 Å². The number of ether oxygens (including phenoxy) is 1. The molecule has 31 heavy (non-hydrogen) atoms. The van der Waals surface area contributed by atoms with Crippen molar-refractivity contribution >= 4 is 16.1 Å². The number of carbonyl (C=O) groups excluding carboxylic acids is 1. The van der Waals surface area contributed by atoms with E-state index >= 15 is 0 Å². The number of benzene rings is 2. The second-order valence-corrected chi connectivity index (χ2v) is 6.92. The number of alkyl carbamates (subject to hydrolysis) is 1. The number of hydrogen-bond donors (Lipinski definition) is 3. The molecule has 4 N–H and O–H groups in total. The maximum Gasteiger partial charge on any atom is 0.407 e. The number of amides is 1. The molecule has 0 unspecified atom stereocenters. The van der Waals surface area contributed by atoms with Crippen molar-refractivity contribution in [2.75, 3.05) is 13.2 Å². The summed E-state index contributed by atoms with van der Waals surface area (Å²) in [7, 11) is -3.91. The molecule has 1 saturated heterocycles. The van der Waals surface area contributed by atoms with Crippen LogP contribution in [0.25, 0.3) is 22.5 Å². The molecule has 10 nitrogen and oxygen atoms in total. The van der Waals surface area contributed by atoms with Gasteiger partial charge in [-0.2, -0.15) is 5.21 Å². The summed E-state index contributed by atoms with van der Waals surface area (Å²) >= 11 is 0. The van der Waals surface area contributed by atoms with Crippen LogP contribution in [0.4, 0.5) is 4.79 Å². The molecule has 0 saturated carbocycles. The van der Waals surface area contributed by atoms with Gasteiger partial charge >= 0.3 is 6.09 Å². The minimum atomic E-state index is -3.91. The first kappa shape index (κ1) is 24.8. The smallest absolute Gasteiger partial charge is 0.407 e. The summed E-state index contributed by atoms with van der Waals surface area (Å²) in [5.41, 5.74) is 1.84. The summed E-state index contributed by atoms with van der Waals surface area (Å²) in [6.07, 6.45) is 15.7. The van der Waals surface area contributed by atoms with Crippen LogP contribution in [0.5, 0.6) is 0 Å². The van der Waals surface area contributed by atoms with Gasteiger partial charge < -0.3 is 10.1 Å². The van der Waals surface area contributed by atoms with E-state index in [0.717, 1.165) is 5.56 Å². The average Bonchev–Trinajstić information content (AvgIpc) is 3.51. The van der Waals surface area contributed by atoms with E-state index < -0.39 is 10.0 Å². The highest BCUT2D eigenvalue weighted by Crippen LogP contribution is 2.34. The minimum Gasteiger partial charge on any atom is -0.448 e. The van der Waals surface area contributed by atoms with Crippen molar-refractivity contribution in [3.8, 4) is 48.2 Å². The van der Waals surface area contributed by atoms with Gasteiger partial charge in [-0.1, -0.05) is 42.5 Å². The molecule has 11 heteroatoms. The fourth-order valence-corrected chi connectivity index (χ4v) is 3.23. The molecule has 3 aromatic rings. The molecule has 160 valence electrons. The monoisotopic (exact) mass is 440 g/mol. The summed E-state index contributed by atoms with van der Waals surface area (Å²) < 4.78 is 28.1. The molecule has 2 heterocycles. The van der Waals surface area contributed by atoms with Crippen LogP contribution in [0, 0.1) is 25.7 Å². The number of nitrogens with one attached hydrogen (secondary N) is 2. The zero-order valence-electron chi connectivity index (χ0n) is 16.3. The molecular formula is C20H20N6O4S. The summed E-state index contributed by atoms with van der Waals surface area (Å²) in [5.74, 6) is 0.179. The molecule has 1 amide bonds. The molecule has 1 aromatic heterocycles. The van der Waals surface area contributed by atoms with Crippen molar-refractivity contribution in [3.63, 3.8) is 0 Å². The number of rotatable bonds is 3. The van der Waals surface area contributed by atoms with Gasteiger partial charge in [-0.3, -0.25) is 0 Å². The zero-order valence-corrected chi connectivity index (χ0v) is 17.1. The van der Waals surface area contributed by atoms with Gasteiger partial charge in [0.25, 0.3) is 0 Å². The van der Waals surface area contributed by atoms with E-state index in [9.17, 15) is 13.2 Å². The van der Waals surface area contributed by atoms with Crippen molar-refractivity contribution in [3.05, 3.63) is 48.5 Å². The van der Waals surface area contributed by atoms with Crippen molar-refractivity contribution in [2.45, 2.75) is 4.90 Å². The van der Waals surface area contributed by atoms with Crippen molar-refractivity contribution < 1.29 is 17.9 Å². The number of carbonyl (C=O) groups is 1. The average molecular weight is 440 g/mol. The number of primary sulfonamides is 1. The van der Waals surface area contributed by atoms with E-state index in [1.807, 2.05) is 30.3 Å². The highest BCUT2D eigenvalue weighted by atomic mass is 32.2. The van der Waals surface area contributed by atoms with Gasteiger partial charge in [-0.15, -0.1) is 35.9 Å². The van der Waals surface area contributed by atoms with Gasteiger partial charge in [-0.05, 0) is 22.4 Å². The van der Waals surface area contributed by atoms with E-state index in [-0.39, 0.29) is 16.8 Å². The van der Waals surface area contributed by atoms with Gasteiger partial charge in [0, 0.05) is 0 Å². The van der Waals surface area contributed by atoms with Crippen LogP contribution in [0.1, 0.15) is 0 Å². The van der Waals surface area contributed by atoms with Gasteiger partial charge in [0.1, 0.15) is 6.61 Å². The second kappa shape index (κ2) is 12.4. The van der Waals surface area contributed by atoms with Gasteiger partial charge in [0.05, 0.1) is 17.0 Å². The number of nitrogens with two attached hydrogens (primary N) is 1. The third-order valence-corrected chi connectivity index (χ3v) is 4.54. The van der Waals surface area contributed by atoms with Crippen molar-refractivity contribution in [2.24, 2.45) is 5.14 Å². The number of sulfonamides is 1. The molecule has 0 bridgehead atoms. The third kappa shape index (κ3) is 6.97. The summed E-state index contributed by atoms with van der Waals surface area (Å²) in [4.78, 5) is 9.87. The standard InChI is InChI=1S/C13H11N5O2S.C3H5NO2.2C2H2/c14-21(19,20)11-8-4-7-10(9-5-2-1-3-6-9)12(11)13-15-17-18-16-13;5-3-4-1-2-6-3;2*1-2/h1-8H,(H2,14,19,20)(H,15,16,17,18);1-2H2,(H,4,5);2*1-2H. The highest BCUT2D eigenvalue weighted by molar-refractivity contribution is 7.89. The van der Waals surface area contributed by atoms with Gasteiger partial charge in [0.15, 0.2) is 0 Å². The predicted octanol–water partition coefficient (Wildman–Crippen LogP) is 1.41. The number of aromatic amines is 1. The lowest BCUT2D eigenvalue weighted by atomic mass is 9.99. The normalized spacial score (nSPS) is 11.7. The Balaban J connectivity index is 0.000000404. The molecule has 1 aliphatic heterocycles. The first-order chi connectivity index (χ1) is 15.0. The Kier molecular flexibility index (Phi) is 9.93. The zero-order chi connectivity index (χ0) is 23.3. The number of tetrazole rings is 1. The Morgan fingerprint density at radius 2 is 1.68 bits per heavy atom. The topological polar surface area (TPSA) is 153 Å². The Labute approximate surface area is 180 Å².